The molecule has 0 unspecified atom stereocenters. The molecular weight excluding hydrogens is 328 g/mol. The van der Waals surface area contributed by atoms with Gasteiger partial charge in [-0.2, -0.15) is 0 Å². The Morgan fingerprint density at radius 2 is 2.08 bits per heavy atom. The van der Waals surface area contributed by atoms with E-state index in [0.717, 1.165) is 11.3 Å². The number of amides is 1. The second-order valence-corrected chi connectivity index (χ2v) is 5.84. The topological polar surface area (TPSA) is 66.8 Å². The molecule has 2 rings (SSSR count). The average molecular weight is 347 g/mol. The van der Waals surface area contributed by atoms with Crippen LogP contribution in [-0.2, 0) is 4.79 Å². The number of nitrogens with zero attached hydrogens (tertiary/aromatic N) is 3. The maximum atomic E-state index is 11.1. The minimum Gasteiger partial charge on any atom is -0.457 e. The number of carbonyl (C=O) groups excluding carboxylic acids is 1. The first kappa shape index (κ1) is 17.7. The van der Waals surface area contributed by atoms with Gasteiger partial charge in [0, 0.05) is 38.8 Å². The summed E-state index contributed by atoms with van der Waals surface area (Å²) in [5.74, 6) is 1.54. The third-order valence-corrected chi connectivity index (χ3v) is 3.09. The lowest BCUT2D eigenvalue weighted by atomic mass is 10.2. The number of hydrogen-bond donors (Lipinski definition) is 1. The van der Waals surface area contributed by atoms with E-state index in [1.165, 1.54) is 6.92 Å². The number of carbonyl (C=O) groups is 1. The van der Waals surface area contributed by atoms with Crippen molar-refractivity contribution in [3.05, 3.63) is 41.0 Å². The summed E-state index contributed by atoms with van der Waals surface area (Å²) in [5.41, 5.74) is 1.60. The van der Waals surface area contributed by atoms with Crippen LogP contribution in [0.3, 0.4) is 0 Å². The number of hydrogen-bond acceptors (Lipinski definition) is 4. The Balaban J connectivity index is 2.23. The van der Waals surface area contributed by atoms with E-state index < -0.39 is 0 Å². The van der Waals surface area contributed by atoms with Gasteiger partial charge in [-0.15, -0.1) is 0 Å². The molecule has 126 valence electrons. The summed E-state index contributed by atoms with van der Waals surface area (Å²) in [6.07, 6.45) is 1.63. The van der Waals surface area contributed by atoms with Crippen LogP contribution in [0.25, 0.3) is 0 Å². The highest BCUT2D eigenvalue weighted by Gasteiger charge is 2.07. The molecule has 0 spiro atoms. The molecule has 0 aliphatic rings. The number of pyridine rings is 1. The molecule has 2 aromatic rings. The molecule has 0 atom stereocenters. The van der Waals surface area contributed by atoms with Crippen LogP contribution in [0.1, 0.15) is 12.5 Å². The third kappa shape index (κ3) is 5.24. The molecule has 1 N–H and O–H groups in total. The molecule has 0 radical (unpaired) electrons. The predicted molar refractivity (Wildman–Crippen MR) is 96.6 cm³/mol. The zero-order chi connectivity index (χ0) is 17.7. The Kier molecular flexibility index (Phi) is 5.76. The first-order valence-electron chi connectivity index (χ1n) is 7.28. The predicted octanol–water partition coefficient (Wildman–Crippen LogP) is 4.02. The lowest BCUT2D eigenvalue weighted by molar-refractivity contribution is -0.114. The summed E-state index contributed by atoms with van der Waals surface area (Å²) in [6, 6.07) is 8.73. The van der Waals surface area contributed by atoms with E-state index in [-0.39, 0.29) is 5.91 Å². The van der Waals surface area contributed by atoms with Crippen LogP contribution in [0.2, 0.25) is 5.15 Å². The van der Waals surface area contributed by atoms with Crippen molar-refractivity contribution in [1.82, 2.24) is 9.88 Å². The average Bonchev–Trinajstić information content (AvgIpc) is 2.47. The Morgan fingerprint density at radius 1 is 1.33 bits per heavy atom. The fourth-order valence-corrected chi connectivity index (χ4v) is 2.13. The second kappa shape index (κ2) is 7.79. The molecule has 24 heavy (non-hydrogen) atoms. The lowest BCUT2D eigenvalue weighted by Gasteiger charge is -2.11. The number of halogens is 1. The summed E-state index contributed by atoms with van der Waals surface area (Å²) in [4.78, 5) is 21.2. The van der Waals surface area contributed by atoms with Crippen LogP contribution in [-0.4, -0.2) is 36.2 Å². The number of aromatic nitrogens is 1. The Hall–Kier alpha value is -2.60. The highest BCUT2D eigenvalue weighted by molar-refractivity contribution is 6.29. The maximum absolute atomic E-state index is 11.1. The van der Waals surface area contributed by atoms with Gasteiger partial charge in [0.2, 0.25) is 5.91 Å². The van der Waals surface area contributed by atoms with Crippen LogP contribution in [0.5, 0.6) is 11.5 Å². The molecule has 1 amide bonds. The Labute approximate surface area is 146 Å². The number of ether oxygens (including phenoxy) is 1. The molecule has 0 saturated carbocycles. The summed E-state index contributed by atoms with van der Waals surface area (Å²) >= 11 is 6.03. The standard InChI is InChI=1S/C17H19ClN4O2/c1-11-7-13(20-12(2)23)5-6-15(11)24-14-8-16(18)21-17(9-14)19-10-22(3)4/h5-10H,1-4H3,(H,20,23). The molecule has 0 aliphatic carbocycles. The van der Waals surface area contributed by atoms with Crippen LogP contribution < -0.4 is 10.1 Å². The zero-order valence-electron chi connectivity index (χ0n) is 14.0. The van der Waals surface area contributed by atoms with Gasteiger partial charge in [-0.05, 0) is 30.7 Å². The minimum absolute atomic E-state index is 0.118. The molecule has 1 aromatic heterocycles. The molecule has 0 bridgehead atoms. The monoisotopic (exact) mass is 346 g/mol. The van der Waals surface area contributed by atoms with Crippen LogP contribution in [0, 0.1) is 6.92 Å². The van der Waals surface area contributed by atoms with Gasteiger partial charge in [-0.1, -0.05) is 11.6 Å². The number of rotatable bonds is 5. The fourth-order valence-electron chi connectivity index (χ4n) is 1.93. The van der Waals surface area contributed by atoms with Crippen molar-refractivity contribution in [3.63, 3.8) is 0 Å². The van der Waals surface area contributed by atoms with Crippen molar-refractivity contribution in [3.8, 4) is 11.5 Å². The maximum Gasteiger partial charge on any atom is 0.221 e. The first-order valence-corrected chi connectivity index (χ1v) is 7.65. The first-order chi connectivity index (χ1) is 11.3. The van der Waals surface area contributed by atoms with E-state index in [4.69, 9.17) is 16.3 Å². The highest BCUT2D eigenvalue weighted by Crippen LogP contribution is 2.30. The van der Waals surface area contributed by atoms with Crippen LogP contribution >= 0.6 is 11.6 Å². The van der Waals surface area contributed by atoms with Crippen molar-refractivity contribution in [2.45, 2.75) is 13.8 Å². The zero-order valence-corrected chi connectivity index (χ0v) is 14.8. The summed E-state index contributed by atoms with van der Waals surface area (Å²) in [7, 11) is 3.73. The minimum atomic E-state index is -0.118. The number of anilines is 1. The lowest BCUT2D eigenvalue weighted by Crippen LogP contribution is -2.07. The molecule has 6 nitrogen and oxygen atoms in total. The Morgan fingerprint density at radius 3 is 2.71 bits per heavy atom. The van der Waals surface area contributed by atoms with Gasteiger partial charge < -0.3 is 15.0 Å². The van der Waals surface area contributed by atoms with Crippen LogP contribution in [0.4, 0.5) is 11.5 Å². The van der Waals surface area contributed by atoms with Crippen molar-refractivity contribution in [1.29, 1.82) is 0 Å². The molecule has 0 aliphatic heterocycles. The van der Waals surface area contributed by atoms with Gasteiger partial charge >= 0.3 is 0 Å². The van der Waals surface area contributed by atoms with E-state index in [2.05, 4.69) is 15.3 Å². The van der Waals surface area contributed by atoms with Crippen molar-refractivity contribution in [2.24, 2.45) is 4.99 Å². The van der Waals surface area contributed by atoms with Gasteiger partial charge in [0.25, 0.3) is 0 Å². The Bertz CT molecular complexity index is 775. The normalized spacial score (nSPS) is 10.7. The van der Waals surface area contributed by atoms with E-state index in [1.54, 1.807) is 35.5 Å². The van der Waals surface area contributed by atoms with Gasteiger partial charge in [0.1, 0.15) is 16.7 Å². The largest absolute Gasteiger partial charge is 0.457 e. The highest BCUT2D eigenvalue weighted by atomic mass is 35.5. The SMILES string of the molecule is CC(=O)Nc1ccc(Oc2cc(Cl)nc(N=CN(C)C)c2)c(C)c1. The molecule has 0 fully saturated rings. The van der Waals surface area contributed by atoms with Crippen molar-refractivity contribution in [2.75, 3.05) is 19.4 Å². The van der Waals surface area contributed by atoms with Crippen molar-refractivity contribution < 1.29 is 9.53 Å². The quantitative estimate of drug-likeness (QED) is 0.504. The van der Waals surface area contributed by atoms with Gasteiger partial charge in [0.15, 0.2) is 5.82 Å². The number of aryl methyl sites for hydroxylation is 1. The van der Waals surface area contributed by atoms with Crippen molar-refractivity contribution >= 4 is 35.4 Å². The molecule has 7 heteroatoms. The summed E-state index contributed by atoms with van der Waals surface area (Å²) < 4.78 is 5.87. The van der Waals surface area contributed by atoms with E-state index in [1.807, 2.05) is 27.1 Å². The molecule has 0 saturated heterocycles. The van der Waals surface area contributed by atoms with E-state index in [0.29, 0.717) is 22.5 Å². The smallest absolute Gasteiger partial charge is 0.221 e. The third-order valence-electron chi connectivity index (χ3n) is 2.90. The number of aliphatic imine (C=N–C) groups is 1. The van der Waals surface area contributed by atoms with E-state index in [9.17, 15) is 4.79 Å². The van der Waals surface area contributed by atoms with Gasteiger partial charge in [0.05, 0.1) is 6.34 Å². The molecular formula is C17H19ClN4O2. The fraction of sp³-hybridized carbons (Fsp3) is 0.235. The van der Waals surface area contributed by atoms with Gasteiger partial charge in [-0.25, -0.2) is 9.98 Å². The number of benzene rings is 1. The summed E-state index contributed by atoms with van der Waals surface area (Å²) in [5, 5.41) is 3.03. The van der Waals surface area contributed by atoms with Crippen LogP contribution in [0.15, 0.2) is 35.3 Å². The van der Waals surface area contributed by atoms with E-state index >= 15 is 0 Å². The number of nitrogens with one attached hydrogen (secondary N) is 1. The second-order valence-electron chi connectivity index (χ2n) is 5.46. The summed E-state index contributed by atoms with van der Waals surface area (Å²) in [6.45, 7) is 3.36. The molecule has 1 heterocycles. The van der Waals surface area contributed by atoms with Gasteiger partial charge in [-0.3, -0.25) is 4.79 Å². The molecule has 1 aromatic carbocycles.